The van der Waals surface area contributed by atoms with E-state index < -0.39 is 0 Å². The minimum Gasteiger partial charge on any atom is -0.437 e. The van der Waals surface area contributed by atoms with E-state index in [2.05, 4.69) is 48.9 Å². The van der Waals surface area contributed by atoms with Crippen LogP contribution in [0.4, 0.5) is 0 Å². The monoisotopic (exact) mass is 387 g/mol. The van der Waals surface area contributed by atoms with Crippen molar-refractivity contribution < 1.29 is 9.53 Å². The van der Waals surface area contributed by atoms with E-state index in [0.29, 0.717) is 23.7 Å². The summed E-state index contributed by atoms with van der Waals surface area (Å²) in [5.74, 6) is 0.990. The van der Waals surface area contributed by atoms with E-state index in [1.807, 2.05) is 23.1 Å². The predicted molar refractivity (Wildman–Crippen MR) is 112 cm³/mol. The van der Waals surface area contributed by atoms with Gasteiger partial charge in [0, 0.05) is 31.0 Å². The molecule has 0 aliphatic carbocycles. The number of hydrogen-bond donors (Lipinski definition) is 0. The van der Waals surface area contributed by atoms with E-state index >= 15 is 0 Å². The average Bonchev–Trinajstić information content (AvgIpc) is 2.72. The fourth-order valence-electron chi connectivity index (χ4n) is 3.53. The standard InChI is InChI=1S/C24H25N3O2/c1-24(2,3)20-8-7-17-9-12-27(16-19(17)13-20)23(28)18-5-4-6-21(14-18)29-22-15-25-10-11-26-22/h4-8,10-11,13-15H,9,12,16H2,1-3H3. The first kappa shape index (κ1) is 19.1. The van der Waals surface area contributed by atoms with Crippen molar-refractivity contribution in [1.82, 2.24) is 14.9 Å². The molecule has 0 radical (unpaired) electrons. The van der Waals surface area contributed by atoms with Gasteiger partial charge in [-0.05, 0) is 46.7 Å². The number of nitrogens with zero attached hydrogens (tertiary/aromatic N) is 3. The molecule has 1 aromatic heterocycles. The molecule has 2 heterocycles. The van der Waals surface area contributed by atoms with E-state index in [-0.39, 0.29) is 11.3 Å². The van der Waals surface area contributed by atoms with Gasteiger partial charge in [0.25, 0.3) is 5.91 Å². The first-order valence-corrected chi connectivity index (χ1v) is 9.86. The van der Waals surface area contributed by atoms with Crippen molar-refractivity contribution in [3.63, 3.8) is 0 Å². The molecule has 148 valence electrons. The summed E-state index contributed by atoms with van der Waals surface area (Å²) in [6.07, 6.45) is 5.58. The van der Waals surface area contributed by atoms with Gasteiger partial charge in [0.05, 0.1) is 6.20 Å². The molecule has 1 aliphatic heterocycles. The third-order valence-electron chi connectivity index (χ3n) is 5.21. The smallest absolute Gasteiger partial charge is 0.254 e. The highest BCUT2D eigenvalue weighted by molar-refractivity contribution is 5.94. The van der Waals surface area contributed by atoms with Crippen LogP contribution in [0.1, 0.15) is 47.8 Å². The second kappa shape index (κ2) is 7.66. The van der Waals surface area contributed by atoms with Gasteiger partial charge >= 0.3 is 0 Å². The van der Waals surface area contributed by atoms with Gasteiger partial charge < -0.3 is 9.64 Å². The Labute approximate surface area is 171 Å². The molecule has 1 amide bonds. The maximum absolute atomic E-state index is 13.1. The molecule has 2 aromatic carbocycles. The maximum atomic E-state index is 13.1. The minimum absolute atomic E-state index is 0.0152. The van der Waals surface area contributed by atoms with E-state index in [4.69, 9.17) is 4.74 Å². The summed E-state index contributed by atoms with van der Waals surface area (Å²) in [6, 6.07) is 13.9. The summed E-state index contributed by atoms with van der Waals surface area (Å²) in [7, 11) is 0. The maximum Gasteiger partial charge on any atom is 0.254 e. The molecule has 5 heteroatoms. The Balaban J connectivity index is 1.53. The number of amides is 1. The lowest BCUT2D eigenvalue weighted by Gasteiger charge is -2.31. The topological polar surface area (TPSA) is 55.3 Å². The number of fused-ring (bicyclic) bond motifs is 1. The molecule has 0 atom stereocenters. The highest BCUT2D eigenvalue weighted by Gasteiger charge is 2.24. The number of hydrogen-bond acceptors (Lipinski definition) is 4. The number of carbonyl (C=O) groups is 1. The molecule has 0 fully saturated rings. The van der Waals surface area contributed by atoms with Crippen LogP contribution in [0, 0.1) is 0 Å². The Morgan fingerprint density at radius 3 is 2.69 bits per heavy atom. The van der Waals surface area contributed by atoms with Crippen LogP contribution in [0.3, 0.4) is 0 Å². The summed E-state index contributed by atoms with van der Waals surface area (Å²) >= 11 is 0. The lowest BCUT2D eigenvalue weighted by atomic mass is 9.84. The van der Waals surface area contributed by atoms with Gasteiger partial charge in [-0.1, -0.05) is 45.0 Å². The van der Waals surface area contributed by atoms with Gasteiger partial charge in [0.2, 0.25) is 5.88 Å². The number of aromatic nitrogens is 2. The fraction of sp³-hybridized carbons (Fsp3) is 0.292. The van der Waals surface area contributed by atoms with Crippen molar-refractivity contribution in [3.8, 4) is 11.6 Å². The highest BCUT2D eigenvalue weighted by Crippen LogP contribution is 2.28. The Bertz CT molecular complexity index is 1030. The summed E-state index contributed by atoms with van der Waals surface area (Å²) in [5, 5.41) is 0. The molecule has 0 bridgehead atoms. The Kier molecular flexibility index (Phi) is 5.05. The zero-order valence-electron chi connectivity index (χ0n) is 17.1. The van der Waals surface area contributed by atoms with E-state index in [1.165, 1.54) is 16.7 Å². The summed E-state index contributed by atoms with van der Waals surface area (Å²) in [5.41, 5.74) is 4.57. The van der Waals surface area contributed by atoms with Crippen LogP contribution in [-0.2, 0) is 18.4 Å². The summed E-state index contributed by atoms with van der Waals surface area (Å²) in [6.45, 7) is 7.98. The molecule has 0 saturated heterocycles. The molecule has 5 nitrogen and oxygen atoms in total. The highest BCUT2D eigenvalue weighted by atomic mass is 16.5. The van der Waals surface area contributed by atoms with E-state index in [9.17, 15) is 4.79 Å². The zero-order chi connectivity index (χ0) is 20.4. The van der Waals surface area contributed by atoms with Gasteiger partial charge in [-0.2, -0.15) is 0 Å². The molecule has 0 unspecified atom stereocenters. The predicted octanol–water partition coefficient (Wildman–Crippen LogP) is 4.76. The molecule has 29 heavy (non-hydrogen) atoms. The van der Waals surface area contributed by atoms with Crippen molar-refractivity contribution in [2.45, 2.75) is 39.2 Å². The largest absolute Gasteiger partial charge is 0.437 e. The Morgan fingerprint density at radius 1 is 1.07 bits per heavy atom. The number of rotatable bonds is 3. The summed E-state index contributed by atoms with van der Waals surface area (Å²) in [4.78, 5) is 23.2. The second-order valence-electron chi connectivity index (χ2n) is 8.38. The number of carbonyl (C=O) groups excluding carboxylic acids is 1. The van der Waals surface area contributed by atoms with Crippen molar-refractivity contribution in [2.24, 2.45) is 0 Å². The molecule has 0 spiro atoms. The minimum atomic E-state index is 0.0152. The first-order chi connectivity index (χ1) is 13.9. The molecule has 0 N–H and O–H groups in total. The van der Waals surface area contributed by atoms with Crippen molar-refractivity contribution in [2.75, 3.05) is 6.54 Å². The second-order valence-corrected chi connectivity index (χ2v) is 8.38. The lowest BCUT2D eigenvalue weighted by Crippen LogP contribution is -2.36. The third kappa shape index (κ3) is 4.29. The molecule has 4 rings (SSSR count). The van der Waals surface area contributed by atoms with Crippen LogP contribution in [0.2, 0.25) is 0 Å². The Morgan fingerprint density at radius 2 is 1.93 bits per heavy atom. The van der Waals surface area contributed by atoms with Crippen LogP contribution in [0.25, 0.3) is 0 Å². The van der Waals surface area contributed by atoms with Gasteiger partial charge in [-0.15, -0.1) is 0 Å². The van der Waals surface area contributed by atoms with E-state index in [0.717, 1.165) is 13.0 Å². The molecular weight excluding hydrogens is 362 g/mol. The van der Waals surface area contributed by atoms with Gasteiger partial charge in [-0.25, -0.2) is 4.98 Å². The zero-order valence-corrected chi connectivity index (χ0v) is 17.1. The lowest BCUT2D eigenvalue weighted by molar-refractivity contribution is 0.0734. The summed E-state index contributed by atoms with van der Waals surface area (Å²) < 4.78 is 5.72. The average molecular weight is 387 g/mol. The van der Waals surface area contributed by atoms with Crippen molar-refractivity contribution >= 4 is 5.91 Å². The van der Waals surface area contributed by atoms with E-state index in [1.54, 1.807) is 24.7 Å². The van der Waals surface area contributed by atoms with Crippen molar-refractivity contribution in [1.29, 1.82) is 0 Å². The van der Waals surface area contributed by atoms with Crippen LogP contribution in [0.15, 0.2) is 61.1 Å². The van der Waals surface area contributed by atoms with Crippen molar-refractivity contribution in [3.05, 3.63) is 83.3 Å². The SMILES string of the molecule is CC(C)(C)c1ccc2c(c1)CN(C(=O)c1cccc(Oc3cnccn3)c1)CC2. The number of ether oxygens (including phenoxy) is 1. The fourth-order valence-corrected chi connectivity index (χ4v) is 3.53. The molecule has 1 aliphatic rings. The quantitative estimate of drug-likeness (QED) is 0.650. The normalized spacial score (nSPS) is 13.7. The van der Waals surface area contributed by atoms with Gasteiger partial charge in [0.15, 0.2) is 0 Å². The first-order valence-electron chi connectivity index (χ1n) is 9.86. The van der Waals surface area contributed by atoms with Crippen LogP contribution < -0.4 is 4.74 Å². The van der Waals surface area contributed by atoms with Crippen LogP contribution in [0.5, 0.6) is 11.6 Å². The molecule has 3 aromatic rings. The molecule has 0 saturated carbocycles. The number of benzene rings is 2. The van der Waals surface area contributed by atoms with Gasteiger partial charge in [-0.3, -0.25) is 9.78 Å². The Hall–Kier alpha value is -3.21. The van der Waals surface area contributed by atoms with Crippen LogP contribution in [-0.4, -0.2) is 27.3 Å². The third-order valence-corrected chi connectivity index (χ3v) is 5.21. The molecular formula is C24H25N3O2. The van der Waals surface area contributed by atoms with Crippen LogP contribution >= 0.6 is 0 Å². The van der Waals surface area contributed by atoms with Gasteiger partial charge in [0.1, 0.15) is 5.75 Å².